The van der Waals surface area contributed by atoms with Crippen molar-refractivity contribution in [3.8, 4) is 0 Å². The van der Waals surface area contributed by atoms with E-state index in [1.807, 2.05) is 0 Å². The Morgan fingerprint density at radius 2 is 1.91 bits per heavy atom. The van der Waals surface area contributed by atoms with Crippen LogP contribution in [0.2, 0.25) is 0 Å². The monoisotopic (exact) mass is 336 g/mol. The zero-order valence-corrected chi connectivity index (χ0v) is 11.9. The van der Waals surface area contributed by atoms with Gasteiger partial charge in [0, 0.05) is 30.8 Å². The van der Waals surface area contributed by atoms with Crippen LogP contribution >= 0.6 is 0 Å². The zero-order valence-electron chi connectivity index (χ0n) is 24.0. The lowest BCUT2D eigenvalue weighted by molar-refractivity contribution is 0.195. The molecule has 22 heavy (non-hydrogen) atoms. The first kappa shape index (κ1) is 6.13. The van der Waals surface area contributed by atoms with Gasteiger partial charge in [-0.25, -0.2) is 22.9 Å². The van der Waals surface area contributed by atoms with Gasteiger partial charge in [0.05, 0.1) is 4.90 Å². The van der Waals surface area contributed by atoms with Gasteiger partial charge in [-0.15, -0.1) is 0 Å². The second-order valence-corrected chi connectivity index (χ2v) is 6.22. The first-order chi connectivity index (χ1) is 15.4. The summed E-state index contributed by atoms with van der Waals surface area (Å²) in [6, 6.07) is 2.14. The predicted molar refractivity (Wildman–Crippen MR) is 82.4 cm³/mol. The molecule has 1 saturated heterocycles. The maximum Gasteiger partial charge on any atom is 0.343 e. The van der Waals surface area contributed by atoms with Crippen molar-refractivity contribution in [1.82, 2.24) is 15.2 Å². The van der Waals surface area contributed by atoms with Crippen molar-refractivity contribution in [2.75, 3.05) is 13.0 Å². The lowest BCUT2D eigenvalue weighted by Gasteiger charge is -2.18. The van der Waals surface area contributed by atoms with E-state index >= 15 is 0 Å². The number of sulfonamides is 1. The summed E-state index contributed by atoms with van der Waals surface area (Å²) < 4.78 is 129. The molecule has 0 radical (unpaired) electrons. The third kappa shape index (κ3) is 3.25. The number of aryl methyl sites for hydroxylation is 1. The van der Waals surface area contributed by atoms with Gasteiger partial charge in [0.2, 0.25) is 0 Å². The molecular weight excluding hydrogens is 302 g/mol. The van der Waals surface area contributed by atoms with Crippen LogP contribution in [0.25, 0.3) is 0 Å². The minimum absolute atomic E-state index is 0.0528. The third-order valence-electron chi connectivity index (χ3n) is 2.93. The Morgan fingerprint density at radius 1 is 1.27 bits per heavy atom. The minimum Gasteiger partial charge on any atom is -0.270 e. The Hall–Kier alpha value is -1.60. The molecule has 7 heteroatoms. The predicted octanol–water partition coefficient (Wildman–Crippen LogP) is 1.63. The number of urea groups is 1. The lowest BCUT2D eigenvalue weighted by atomic mass is 10.0. The van der Waals surface area contributed by atoms with Crippen LogP contribution in [0.4, 0.5) is 4.79 Å². The van der Waals surface area contributed by atoms with Gasteiger partial charge >= 0.3 is 6.03 Å². The highest BCUT2D eigenvalue weighted by molar-refractivity contribution is 7.90. The molecular formula is C15H21N3O3S. The highest BCUT2D eigenvalue weighted by Crippen LogP contribution is 2.36. The van der Waals surface area contributed by atoms with Gasteiger partial charge in [-0.1, -0.05) is 24.1 Å². The Balaban J connectivity index is 1.89. The molecule has 0 aromatic heterocycles. The minimum atomic E-state index is -4.65. The highest BCUT2D eigenvalue weighted by atomic mass is 32.2. The van der Waals surface area contributed by atoms with Crippen molar-refractivity contribution in [2.24, 2.45) is 11.8 Å². The summed E-state index contributed by atoms with van der Waals surface area (Å²) >= 11 is 0. The van der Waals surface area contributed by atoms with E-state index in [0.29, 0.717) is 0 Å². The average Bonchev–Trinajstić information content (AvgIpc) is 2.90. The normalized spacial score (nSPS) is 45.7. The first-order valence-corrected chi connectivity index (χ1v) is 7.66. The van der Waals surface area contributed by atoms with Crippen LogP contribution in [-0.4, -0.2) is 32.5 Å². The van der Waals surface area contributed by atoms with Gasteiger partial charge in [-0.2, -0.15) is 0 Å². The molecule has 0 bridgehead atoms. The van der Waals surface area contributed by atoms with Gasteiger partial charge < -0.3 is 0 Å². The largest absolute Gasteiger partial charge is 0.343 e. The number of hydrazine groups is 1. The number of benzene rings is 1. The molecule has 2 atom stereocenters. The second-order valence-electron chi connectivity index (χ2n) is 4.53. The fourth-order valence-corrected chi connectivity index (χ4v) is 2.80. The molecule has 1 aliphatic heterocycles. The Bertz CT molecular complexity index is 1100. The summed E-state index contributed by atoms with van der Waals surface area (Å²) in [6.07, 6.45) is -9.70. The molecule has 2 unspecified atom stereocenters. The van der Waals surface area contributed by atoms with Crippen molar-refractivity contribution in [2.45, 2.75) is 30.9 Å². The van der Waals surface area contributed by atoms with Gasteiger partial charge in [-0.3, -0.25) is 5.43 Å². The Morgan fingerprint density at radius 3 is 2.50 bits per heavy atom. The Kier molecular flexibility index (Phi) is 1.64. The van der Waals surface area contributed by atoms with Crippen molar-refractivity contribution in [3.63, 3.8) is 0 Å². The third-order valence-corrected chi connectivity index (χ3v) is 4.28. The zero-order chi connectivity index (χ0) is 27.2. The molecule has 2 N–H and O–H groups in total. The molecule has 1 saturated carbocycles. The van der Waals surface area contributed by atoms with E-state index in [1.165, 1.54) is 4.72 Å². The van der Waals surface area contributed by atoms with Crippen LogP contribution in [0.3, 0.4) is 0 Å². The standard InChI is InChI=1S/C15H21N3O3S/c1-11-5-7-14(8-6-11)22(20,21)17-15(19)16-18-9-12-3-2-4-13(12)10-18/h5-8,12-13H,2-4,9-10H2,1H3,(H2,16,17,19)/i1D3,2D2,3D2,4D2,9D2,10D2. The van der Waals surface area contributed by atoms with Crippen molar-refractivity contribution in [1.29, 1.82) is 0 Å². The van der Waals surface area contributed by atoms with E-state index in [2.05, 4.69) is 0 Å². The summed E-state index contributed by atoms with van der Waals surface area (Å²) in [6.45, 7) is -8.88. The van der Waals surface area contributed by atoms with E-state index in [9.17, 15) is 13.2 Å². The van der Waals surface area contributed by atoms with E-state index in [-0.39, 0.29) is 10.6 Å². The summed E-state index contributed by atoms with van der Waals surface area (Å²) in [5, 5.41) is -0.0528. The van der Waals surface area contributed by atoms with Gasteiger partial charge in [0.25, 0.3) is 10.0 Å². The number of hydrogen-bond acceptors (Lipinski definition) is 4. The van der Waals surface area contributed by atoms with Crippen LogP contribution in [0, 0.1) is 18.7 Å². The molecule has 0 spiro atoms. The van der Waals surface area contributed by atoms with Crippen LogP contribution in [0.15, 0.2) is 29.2 Å². The van der Waals surface area contributed by atoms with Crippen molar-refractivity contribution >= 4 is 16.1 Å². The SMILES string of the molecule is [2H]C([2H])([2H])c1ccc(S(=O)(=O)NC(=O)NN2C([2H])([2H])C3C(C2([2H])[2H])C([2H])([2H])C([2H])([2H])C3([2H])[2H])cc1. The number of nitrogens with zero attached hydrogens (tertiary/aromatic N) is 1. The Labute approximate surface area is 149 Å². The fraction of sp³-hybridized carbons (Fsp3) is 0.533. The molecule has 1 heterocycles. The van der Waals surface area contributed by atoms with E-state index in [4.69, 9.17) is 17.8 Å². The number of nitrogens with one attached hydrogen (secondary N) is 2. The van der Waals surface area contributed by atoms with Crippen LogP contribution in [0.5, 0.6) is 0 Å². The molecule has 2 amide bonds. The van der Waals surface area contributed by atoms with Crippen LogP contribution in [0.1, 0.15) is 42.5 Å². The average molecular weight is 336 g/mol. The molecule has 6 nitrogen and oxygen atoms in total. The number of fused-ring (bicyclic) bond motifs is 1. The molecule has 1 aliphatic carbocycles. The first-order valence-electron chi connectivity index (χ1n) is 12.7. The lowest BCUT2D eigenvalue weighted by Crippen LogP contribution is -2.48. The summed E-state index contributed by atoms with van der Waals surface area (Å²) in [5.41, 5.74) is 1.49. The number of carbonyl (C=O) groups is 1. The molecule has 2 aliphatic rings. The van der Waals surface area contributed by atoms with Crippen LogP contribution < -0.4 is 10.1 Å². The summed E-state index contributed by atoms with van der Waals surface area (Å²) in [5.74, 6) is -4.45. The maximum absolute atomic E-state index is 12.5. The van der Waals surface area contributed by atoms with Crippen molar-refractivity contribution in [3.05, 3.63) is 29.8 Å². The number of carbonyl (C=O) groups excluding carboxylic acids is 1. The smallest absolute Gasteiger partial charge is 0.270 e. The highest BCUT2D eigenvalue weighted by Gasteiger charge is 2.36. The molecule has 3 rings (SSSR count). The fourth-order valence-electron chi connectivity index (χ4n) is 1.90. The second kappa shape index (κ2) is 5.89. The molecule has 120 valence electrons. The number of amides is 2. The van der Waals surface area contributed by atoms with E-state index < -0.39 is 71.8 Å². The summed E-state index contributed by atoms with van der Waals surface area (Å²) in [4.78, 5) is 11.9. The van der Waals surface area contributed by atoms with Gasteiger partial charge in [0.1, 0.15) is 0 Å². The number of hydrogen-bond donors (Lipinski definition) is 2. The van der Waals surface area contributed by atoms with Crippen molar-refractivity contribution < 1.29 is 31.0 Å². The quantitative estimate of drug-likeness (QED) is 0.879. The molecule has 1 aromatic rings. The topological polar surface area (TPSA) is 78.5 Å². The van der Waals surface area contributed by atoms with Gasteiger partial charge in [0.15, 0.2) is 0 Å². The maximum atomic E-state index is 12.5. The number of rotatable bonds is 3. The van der Waals surface area contributed by atoms with Crippen LogP contribution in [-0.2, 0) is 10.0 Å². The summed E-state index contributed by atoms with van der Waals surface area (Å²) in [7, 11) is -4.65. The van der Waals surface area contributed by atoms with E-state index in [1.54, 1.807) is 5.43 Å². The van der Waals surface area contributed by atoms with E-state index in [0.717, 1.165) is 24.3 Å². The van der Waals surface area contributed by atoms with Gasteiger partial charge in [-0.05, 0) is 43.6 Å². The molecule has 1 aromatic carbocycles. The molecule has 2 fully saturated rings.